The van der Waals surface area contributed by atoms with Crippen LogP contribution in [0.25, 0.3) is 0 Å². The molecule has 10 heteroatoms. The maximum Gasteiger partial charge on any atom is 0.387 e. The molecule has 1 aliphatic heterocycles. The number of ether oxygens (including phenoxy) is 3. The summed E-state index contributed by atoms with van der Waals surface area (Å²) in [5.74, 6) is -1.41. The van der Waals surface area contributed by atoms with Crippen LogP contribution in [0.5, 0.6) is 17.2 Å². The first-order chi connectivity index (χ1) is 13.4. The fourth-order valence-electron chi connectivity index (χ4n) is 2.56. The average molecular weight is 400 g/mol. The Kier molecular flexibility index (Phi) is 6.07. The number of carbonyl (C=O) groups is 1. The van der Waals surface area contributed by atoms with E-state index in [0.29, 0.717) is 11.3 Å². The van der Waals surface area contributed by atoms with Crippen molar-refractivity contribution >= 4 is 6.03 Å². The Labute approximate surface area is 157 Å². The number of benzene rings is 2. The molecule has 1 aliphatic rings. The van der Waals surface area contributed by atoms with Crippen LogP contribution in [0.4, 0.5) is 22.4 Å². The Morgan fingerprint density at radius 1 is 1.07 bits per heavy atom. The largest absolute Gasteiger partial charge is 0.454 e. The lowest BCUT2D eigenvalue weighted by Crippen LogP contribution is -2.36. The third kappa shape index (κ3) is 4.96. The van der Waals surface area contributed by atoms with Gasteiger partial charge in [0.25, 0.3) is 0 Å². The lowest BCUT2D eigenvalue weighted by molar-refractivity contribution is -0.0505. The highest BCUT2D eigenvalue weighted by Gasteiger charge is 2.20. The summed E-state index contributed by atoms with van der Waals surface area (Å²) < 4.78 is 65.9. The van der Waals surface area contributed by atoms with Crippen molar-refractivity contribution in [2.24, 2.45) is 0 Å². The van der Waals surface area contributed by atoms with E-state index in [9.17, 15) is 22.4 Å². The molecule has 1 heterocycles. The lowest BCUT2D eigenvalue weighted by Gasteiger charge is -2.13. The SMILES string of the molecule is O=C(NCCc1ccc(F)c(F)c1)NCc1cc2c(cc1OC(F)F)OCO2. The van der Waals surface area contributed by atoms with E-state index in [2.05, 4.69) is 15.4 Å². The van der Waals surface area contributed by atoms with E-state index < -0.39 is 24.3 Å². The molecule has 0 aromatic heterocycles. The average Bonchev–Trinajstić information content (AvgIpc) is 3.09. The summed E-state index contributed by atoms with van der Waals surface area (Å²) in [6.45, 7) is -3.01. The Bertz CT molecular complexity index is 864. The molecule has 28 heavy (non-hydrogen) atoms. The van der Waals surface area contributed by atoms with Gasteiger partial charge in [-0.1, -0.05) is 6.07 Å². The van der Waals surface area contributed by atoms with Gasteiger partial charge in [-0.25, -0.2) is 13.6 Å². The van der Waals surface area contributed by atoms with Gasteiger partial charge in [-0.05, 0) is 30.2 Å². The van der Waals surface area contributed by atoms with Crippen LogP contribution >= 0.6 is 0 Å². The third-order valence-corrected chi connectivity index (χ3v) is 3.89. The van der Waals surface area contributed by atoms with Gasteiger partial charge in [0.05, 0.1) is 0 Å². The van der Waals surface area contributed by atoms with E-state index in [1.807, 2.05) is 0 Å². The zero-order valence-electron chi connectivity index (χ0n) is 14.4. The summed E-state index contributed by atoms with van der Waals surface area (Å²) in [5, 5.41) is 5.04. The molecule has 0 aliphatic carbocycles. The Balaban J connectivity index is 1.53. The van der Waals surface area contributed by atoms with Gasteiger partial charge in [0.1, 0.15) is 5.75 Å². The number of nitrogens with one attached hydrogen (secondary N) is 2. The first-order valence-corrected chi connectivity index (χ1v) is 8.25. The molecule has 0 radical (unpaired) electrons. The van der Waals surface area contributed by atoms with E-state index in [4.69, 9.17) is 9.47 Å². The van der Waals surface area contributed by atoms with Crippen LogP contribution in [-0.2, 0) is 13.0 Å². The molecule has 150 valence electrons. The molecular formula is C18H16F4N2O4. The first kappa shape index (κ1) is 19.6. The second-order valence-electron chi connectivity index (χ2n) is 5.80. The molecule has 3 rings (SSSR count). The minimum absolute atomic E-state index is 0.0369. The number of urea groups is 1. The molecule has 2 aromatic carbocycles. The maximum absolute atomic E-state index is 13.1. The van der Waals surface area contributed by atoms with Crippen LogP contribution < -0.4 is 24.8 Å². The Hall–Kier alpha value is -3.17. The first-order valence-electron chi connectivity index (χ1n) is 8.25. The van der Waals surface area contributed by atoms with Gasteiger partial charge in [-0.2, -0.15) is 8.78 Å². The van der Waals surface area contributed by atoms with Crippen molar-refractivity contribution < 1.29 is 36.6 Å². The summed E-state index contributed by atoms with van der Waals surface area (Å²) in [6.07, 6.45) is 0.286. The van der Waals surface area contributed by atoms with Crippen LogP contribution in [0.2, 0.25) is 0 Å². The molecule has 0 fully saturated rings. The molecule has 2 amide bonds. The number of amides is 2. The van der Waals surface area contributed by atoms with Crippen LogP contribution in [-0.4, -0.2) is 26.0 Å². The summed E-state index contributed by atoms with van der Waals surface area (Å²) in [7, 11) is 0. The van der Waals surface area contributed by atoms with Gasteiger partial charge in [-0.15, -0.1) is 0 Å². The smallest absolute Gasteiger partial charge is 0.387 e. The summed E-state index contributed by atoms with van der Waals surface area (Å²) in [5.41, 5.74) is 0.794. The standard InChI is InChI=1S/C18H16F4N2O4/c19-12-2-1-10(5-13(12)20)3-4-23-18(25)24-8-11-6-15-16(27-9-26-15)7-14(11)28-17(21)22/h1-2,5-7,17H,3-4,8-9H2,(H2,23,24,25). The molecule has 2 N–H and O–H groups in total. The third-order valence-electron chi connectivity index (χ3n) is 3.89. The van der Waals surface area contributed by atoms with Gasteiger partial charge in [0.2, 0.25) is 6.79 Å². The van der Waals surface area contributed by atoms with Crippen molar-refractivity contribution in [3.8, 4) is 17.2 Å². The van der Waals surface area contributed by atoms with Crippen molar-refractivity contribution in [1.82, 2.24) is 10.6 Å². The molecule has 0 spiro atoms. The topological polar surface area (TPSA) is 68.8 Å². The summed E-state index contributed by atoms with van der Waals surface area (Å²) >= 11 is 0. The lowest BCUT2D eigenvalue weighted by atomic mass is 10.1. The van der Waals surface area contributed by atoms with E-state index in [-0.39, 0.29) is 43.4 Å². The molecule has 6 nitrogen and oxygen atoms in total. The fourth-order valence-corrected chi connectivity index (χ4v) is 2.56. The number of rotatable bonds is 7. The molecular weight excluding hydrogens is 384 g/mol. The monoisotopic (exact) mass is 400 g/mol. The van der Waals surface area contributed by atoms with Crippen LogP contribution in [0.1, 0.15) is 11.1 Å². The number of carbonyl (C=O) groups excluding carboxylic acids is 1. The molecule has 0 saturated carbocycles. The zero-order chi connectivity index (χ0) is 20.1. The number of alkyl halides is 2. The van der Waals surface area contributed by atoms with Crippen molar-refractivity contribution in [2.75, 3.05) is 13.3 Å². The second kappa shape index (κ2) is 8.68. The predicted molar refractivity (Wildman–Crippen MR) is 89.5 cm³/mol. The number of hydrogen-bond acceptors (Lipinski definition) is 4. The normalized spacial score (nSPS) is 12.2. The number of hydrogen-bond donors (Lipinski definition) is 2. The summed E-state index contributed by atoms with van der Waals surface area (Å²) in [4.78, 5) is 11.9. The quantitative estimate of drug-likeness (QED) is 0.700. The van der Waals surface area contributed by atoms with Crippen LogP contribution in [0.15, 0.2) is 30.3 Å². The van der Waals surface area contributed by atoms with Crippen LogP contribution in [0, 0.1) is 11.6 Å². The fraction of sp³-hybridized carbons (Fsp3) is 0.278. The van der Waals surface area contributed by atoms with E-state index in [1.54, 1.807) is 0 Å². The second-order valence-corrected chi connectivity index (χ2v) is 5.80. The molecule has 0 unspecified atom stereocenters. The van der Waals surface area contributed by atoms with E-state index in [1.165, 1.54) is 18.2 Å². The van der Waals surface area contributed by atoms with Gasteiger partial charge in [0, 0.05) is 24.7 Å². The van der Waals surface area contributed by atoms with Crippen molar-refractivity contribution in [1.29, 1.82) is 0 Å². The minimum Gasteiger partial charge on any atom is -0.454 e. The van der Waals surface area contributed by atoms with Gasteiger partial charge >= 0.3 is 12.6 Å². The molecule has 0 saturated heterocycles. The van der Waals surface area contributed by atoms with Gasteiger partial charge in [0.15, 0.2) is 23.1 Å². The number of halogens is 4. The predicted octanol–water partition coefficient (Wildman–Crippen LogP) is 3.34. The summed E-state index contributed by atoms with van der Waals surface area (Å²) in [6, 6.07) is 5.63. The van der Waals surface area contributed by atoms with E-state index >= 15 is 0 Å². The highest BCUT2D eigenvalue weighted by Crippen LogP contribution is 2.38. The van der Waals surface area contributed by atoms with Gasteiger partial charge in [-0.3, -0.25) is 0 Å². The van der Waals surface area contributed by atoms with Crippen molar-refractivity contribution in [3.63, 3.8) is 0 Å². The molecule has 0 atom stereocenters. The Morgan fingerprint density at radius 2 is 1.82 bits per heavy atom. The van der Waals surface area contributed by atoms with Crippen molar-refractivity contribution in [3.05, 3.63) is 53.1 Å². The number of fused-ring (bicyclic) bond motifs is 1. The highest BCUT2D eigenvalue weighted by molar-refractivity contribution is 5.74. The molecule has 0 bridgehead atoms. The minimum atomic E-state index is -3.04. The molecule has 2 aromatic rings. The Morgan fingerprint density at radius 3 is 2.54 bits per heavy atom. The van der Waals surface area contributed by atoms with Gasteiger partial charge < -0.3 is 24.8 Å². The zero-order valence-corrected chi connectivity index (χ0v) is 14.4. The maximum atomic E-state index is 13.1. The van der Waals surface area contributed by atoms with Crippen LogP contribution in [0.3, 0.4) is 0 Å². The van der Waals surface area contributed by atoms with E-state index in [0.717, 1.165) is 12.1 Å². The highest BCUT2D eigenvalue weighted by atomic mass is 19.3. The van der Waals surface area contributed by atoms with Crippen molar-refractivity contribution in [2.45, 2.75) is 19.6 Å².